The Kier molecular flexibility index (Phi) is 11.8. The topological polar surface area (TPSA) is 84.6 Å². The Morgan fingerprint density at radius 2 is 1.84 bits per heavy atom. The maximum absolute atomic E-state index is 12.1. The molecule has 0 saturated heterocycles. The highest BCUT2D eigenvalue weighted by atomic mass is 127. The first-order valence-corrected chi connectivity index (χ1v) is 9.76. The first-order valence-electron chi connectivity index (χ1n) is 9.76. The Morgan fingerprint density at radius 3 is 2.42 bits per heavy atom. The fourth-order valence-electron chi connectivity index (χ4n) is 2.49. The summed E-state index contributed by atoms with van der Waals surface area (Å²) >= 11 is 0. The smallest absolute Gasteiger partial charge is 0.367 e. The number of nitrogens with zero attached hydrogens (tertiary/aromatic N) is 3. The molecule has 31 heavy (non-hydrogen) atoms. The Hall–Kier alpha value is -1.89. The number of aromatic nitrogens is 2. The number of guanidine groups is 1. The fraction of sp³-hybridized carbons (Fsp3) is 0.550. The number of rotatable bonds is 10. The van der Waals surface area contributed by atoms with Crippen molar-refractivity contribution in [1.29, 1.82) is 0 Å². The summed E-state index contributed by atoms with van der Waals surface area (Å²) in [5, 5.41) is 10.4. The third kappa shape index (κ3) is 10.8. The van der Waals surface area contributed by atoms with Crippen molar-refractivity contribution in [1.82, 2.24) is 20.8 Å². The predicted molar refractivity (Wildman–Crippen MR) is 122 cm³/mol. The average Bonchev–Trinajstić information content (AvgIpc) is 3.17. The summed E-state index contributed by atoms with van der Waals surface area (Å²) in [6, 6.07) is 7.18. The van der Waals surface area contributed by atoms with Gasteiger partial charge >= 0.3 is 6.18 Å². The number of halogens is 4. The Labute approximate surface area is 197 Å². The number of nitrogens with one attached hydrogen (secondary N) is 2. The summed E-state index contributed by atoms with van der Waals surface area (Å²) < 4.78 is 46.2. The van der Waals surface area contributed by atoms with Crippen LogP contribution in [0.5, 0.6) is 0 Å². The normalized spacial score (nSPS) is 12.0. The Bertz CT molecular complexity index is 795. The summed E-state index contributed by atoms with van der Waals surface area (Å²) in [7, 11) is 1.68. The van der Waals surface area contributed by atoms with E-state index >= 15 is 0 Å². The van der Waals surface area contributed by atoms with Crippen LogP contribution in [0.2, 0.25) is 0 Å². The molecule has 1 aromatic heterocycles. The zero-order valence-corrected chi connectivity index (χ0v) is 20.2. The van der Waals surface area contributed by atoms with Crippen LogP contribution in [0.1, 0.15) is 49.0 Å². The molecular weight excluding hydrogens is 526 g/mol. The molecule has 0 fully saturated rings. The minimum absolute atomic E-state index is 0. The molecule has 1 aromatic carbocycles. The molecule has 0 aliphatic heterocycles. The lowest BCUT2D eigenvalue weighted by atomic mass is 10.1. The van der Waals surface area contributed by atoms with E-state index < -0.39 is 12.8 Å². The van der Waals surface area contributed by atoms with E-state index in [0.717, 1.165) is 12.0 Å². The van der Waals surface area contributed by atoms with Gasteiger partial charge in [0.1, 0.15) is 6.61 Å². The highest BCUT2D eigenvalue weighted by Crippen LogP contribution is 2.16. The van der Waals surface area contributed by atoms with Crippen LogP contribution < -0.4 is 10.6 Å². The van der Waals surface area contributed by atoms with Crippen LogP contribution in [0.3, 0.4) is 0 Å². The van der Waals surface area contributed by atoms with E-state index in [1.807, 2.05) is 26.0 Å². The van der Waals surface area contributed by atoms with Crippen molar-refractivity contribution in [2.24, 2.45) is 4.99 Å². The quantitative estimate of drug-likeness (QED) is 0.198. The monoisotopic (exact) mass is 555 g/mol. The van der Waals surface area contributed by atoms with E-state index in [1.54, 1.807) is 19.2 Å². The zero-order valence-electron chi connectivity index (χ0n) is 17.8. The molecule has 0 radical (unpaired) electrons. The Balaban J connectivity index is 0.00000480. The van der Waals surface area contributed by atoms with Crippen molar-refractivity contribution in [3.63, 3.8) is 0 Å². The first-order chi connectivity index (χ1) is 14.3. The first kappa shape index (κ1) is 27.1. The van der Waals surface area contributed by atoms with Crippen LogP contribution >= 0.6 is 24.0 Å². The second-order valence-corrected chi connectivity index (χ2v) is 7.08. The van der Waals surface area contributed by atoms with Crippen LogP contribution in [-0.2, 0) is 24.3 Å². The predicted octanol–water partition coefficient (Wildman–Crippen LogP) is 4.19. The second-order valence-electron chi connectivity index (χ2n) is 7.08. The summed E-state index contributed by atoms with van der Waals surface area (Å²) in [5.41, 5.74) is 1.66. The third-order valence-electron chi connectivity index (χ3n) is 4.10. The number of hydrogen-bond donors (Lipinski definition) is 2. The van der Waals surface area contributed by atoms with Gasteiger partial charge < -0.3 is 19.9 Å². The van der Waals surface area contributed by atoms with E-state index in [-0.39, 0.29) is 36.5 Å². The van der Waals surface area contributed by atoms with Gasteiger partial charge in [-0.25, -0.2) is 0 Å². The molecule has 0 saturated carbocycles. The van der Waals surface area contributed by atoms with Crippen molar-refractivity contribution >= 4 is 29.9 Å². The van der Waals surface area contributed by atoms with Crippen LogP contribution in [0.15, 0.2) is 33.8 Å². The minimum Gasteiger partial charge on any atom is -0.367 e. The maximum atomic E-state index is 12.1. The van der Waals surface area contributed by atoms with E-state index in [1.165, 1.54) is 0 Å². The number of ether oxygens (including phenoxy) is 1. The summed E-state index contributed by atoms with van der Waals surface area (Å²) in [6.45, 7) is 3.93. The van der Waals surface area contributed by atoms with Gasteiger partial charge in [-0.1, -0.05) is 43.3 Å². The van der Waals surface area contributed by atoms with Crippen molar-refractivity contribution in [2.45, 2.75) is 51.9 Å². The molecule has 2 aromatic rings. The van der Waals surface area contributed by atoms with Crippen LogP contribution in [0.25, 0.3) is 0 Å². The molecule has 7 nitrogen and oxygen atoms in total. The highest BCUT2D eigenvalue weighted by Gasteiger charge is 2.27. The second kappa shape index (κ2) is 13.5. The summed E-state index contributed by atoms with van der Waals surface area (Å²) in [4.78, 5) is 8.52. The highest BCUT2D eigenvalue weighted by molar-refractivity contribution is 14.0. The lowest BCUT2D eigenvalue weighted by Gasteiger charge is -2.12. The maximum Gasteiger partial charge on any atom is 0.411 e. The molecule has 0 amide bonds. The molecule has 2 N–H and O–H groups in total. The number of benzene rings is 1. The van der Waals surface area contributed by atoms with E-state index in [0.29, 0.717) is 42.7 Å². The van der Waals surface area contributed by atoms with Crippen LogP contribution in [-0.4, -0.2) is 42.5 Å². The van der Waals surface area contributed by atoms with E-state index in [4.69, 9.17) is 4.52 Å². The van der Waals surface area contributed by atoms with Crippen LogP contribution in [0, 0.1) is 0 Å². The molecule has 0 spiro atoms. The molecule has 0 unspecified atom stereocenters. The number of hydrogen-bond acceptors (Lipinski definition) is 5. The third-order valence-corrected chi connectivity index (χ3v) is 4.10. The largest absolute Gasteiger partial charge is 0.411 e. The molecule has 11 heteroatoms. The van der Waals surface area contributed by atoms with Crippen molar-refractivity contribution in [2.75, 3.05) is 20.2 Å². The molecule has 0 aliphatic rings. The summed E-state index contributed by atoms with van der Waals surface area (Å²) in [5.74, 6) is 2.24. The molecule has 0 atom stereocenters. The summed E-state index contributed by atoms with van der Waals surface area (Å²) in [6.07, 6.45) is -2.82. The molecule has 174 valence electrons. The lowest BCUT2D eigenvalue weighted by molar-refractivity contribution is -0.176. The zero-order chi connectivity index (χ0) is 22.0. The lowest BCUT2D eigenvalue weighted by Crippen LogP contribution is -2.37. The van der Waals surface area contributed by atoms with Gasteiger partial charge in [0.25, 0.3) is 0 Å². The molecule has 1 heterocycles. The fourth-order valence-corrected chi connectivity index (χ4v) is 2.49. The van der Waals surface area contributed by atoms with E-state index in [9.17, 15) is 13.2 Å². The van der Waals surface area contributed by atoms with Crippen molar-refractivity contribution in [3.05, 3.63) is 47.1 Å². The van der Waals surface area contributed by atoms with Gasteiger partial charge in [0.2, 0.25) is 5.89 Å². The standard InChI is InChI=1S/C20H28F3N5O2.HI/c1-14(2)18-27-17(30-28-18)5-4-10-25-19(24-3)26-11-15-6-8-16(9-7-15)12-29-13-20(21,22)23;/h6-9,14H,4-5,10-13H2,1-3H3,(H2,24,25,26);1H. The number of alkyl halides is 3. The van der Waals surface area contributed by atoms with Gasteiger partial charge in [-0.05, 0) is 17.5 Å². The molecule has 0 bridgehead atoms. The average molecular weight is 555 g/mol. The van der Waals surface area contributed by atoms with Gasteiger partial charge in [0, 0.05) is 32.5 Å². The SMILES string of the molecule is CN=C(NCCCc1nc(C(C)C)no1)NCc1ccc(COCC(F)(F)F)cc1.I. The van der Waals surface area contributed by atoms with Crippen LogP contribution in [0.4, 0.5) is 13.2 Å². The van der Waals surface area contributed by atoms with Gasteiger partial charge in [-0.3, -0.25) is 4.99 Å². The molecule has 2 rings (SSSR count). The van der Waals surface area contributed by atoms with Gasteiger partial charge in [0.05, 0.1) is 6.61 Å². The minimum atomic E-state index is -4.31. The number of aryl methyl sites for hydroxylation is 1. The molecule has 0 aliphatic carbocycles. The Morgan fingerprint density at radius 1 is 1.16 bits per heavy atom. The van der Waals surface area contributed by atoms with Gasteiger partial charge in [-0.2, -0.15) is 18.2 Å². The number of aliphatic imine (C=N–C) groups is 1. The van der Waals surface area contributed by atoms with Crippen molar-refractivity contribution in [3.8, 4) is 0 Å². The van der Waals surface area contributed by atoms with Gasteiger partial charge in [-0.15, -0.1) is 24.0 Å². The van der Waals surface area contributed by atoms with Crippen molar-refractivity contribution < 1.29 is 22.4 Å². The molecular formula is C20H29F3IN5O2. The van der Waals surface area contributed by atoms with Gasteiger partial charge in [0.15, 0.2) is 11.8 Å². The van der Waals surface area contributed by atoms with E-state index in [2.05, 4.69) is 30.5 Å².